The lowest BCUT2D eigenvalue weighted by atomic mass is 10.4. The molecule has 2 N–H and O–H groups in total. The first-order valence-electron chi connectivity index (χ1n) is 8.46. The van der Waals surface area contributed by atoms with Gasteiger partial charge in [0.25, 0.3) is 0 Å². The summed E-state index contributed by atoms with van der Waals surface area (Å²) in [6, 6.07) is 0. The fourth-order valence-electron chi connectivity index (χ4n) is 2.50. The van der Waals surface area contributed by atoms with Crippen molar-refractivity contribution in [1.82, 2.24) is 20.5 Å². The number of guanidine groups is 1. The molecule has 0 unspecified atom stereocenters. The monoisotopic (exact) mass is 337 g/mol. The van der Waals surface area contributed by atoms with E-state index in [1.807, 2.05) is 4.90 Å². The Labute approximate surface area is 142 Å². The van der Waals surface area contributed by atoms with Gasteiger partial charge in [0, 0.05) is 38.0 Å². The number of hydrogen-bond acceptors (Lipinski definition) is 4. The normalized spacial score (nSPS) is 15.3. The highest BCUT2D eigenvalue weighted by Gasteiger charge is 2.18. The number of likely N-dealkylation sites (tertiary alicyclic amines) is 1. The molecule has 0 aliphatic carbocycles. The molecule has 2 rings (SSSR count). The Morgan fingerprint density at radius 2 is 2.30 bits per heavy atom. The molecular formula is C16H27N5OS. The minimum absolute atomic E-state index is 0.292. The van der Waals surface area contributed by atoms with Gasteiger partial charge in [-0.3, -0.25) is 4.79 Å². The van der Waals surface area contributed by atoms with Gasteiger partial charge in [-0.25, -0.2) is 9.98 Å². The number of thiazole rings is 1. The summed E-state index contributed by atoms with van der Waals surface area (Å²) in [5, 5.41) is 9.80. The molecule has 1 aromatic rings. The van der Waals surface area contributed by atoms with Crippen molar-refractivity contribution in [2.45, 2.75) is 46.1 Å². The van der Waals surface area contributed by atoms with E-state index in [0.29, 0.717) is 18.9 Å². The van der Waals surface area contributed by atoms with Gasteiger partial charge in [0.05, 0.1) is 17.2 Å². The topological polar surface area (TPSA) is 69.6 Å². The van der Waals surface area contributed by atoms with Crippen LogP contribution < -0.4 is 10.6 Å². The predicted molar refractivity (Wildman–Crippen MR) is 94.7 cm³/mol. The lowest BCUT2D eigenvalue weighted by Gasteiger charge is -2.16. The number of aryl methyl sites for hydroxylation is 1. The first-order chi connectivity index (χ1) is 11.2. The highest BCUT2D eigenvalue weighted by molar-refractivity contribution is 7.09. The third kappa shape index (κ3) is 5.82. The Balaban J connectivity index is 1.73. The summed E-state index contributed by atoms with van der Waals surface area (Å²) in [5.41, 5.74) is 1.02. The average Bonchev–Trinajstić information content (AvgIpc) is 3.18. The van der Waals surface area contributed by atoms with Gasteiger partial charge < -0.3 is 15.5 Å². The van der Waals surface area contributed by atoms with Crippen LogP contribution in [0.15, 0.2) is 10.4 Å². The van der Waals surface area contributed by atoms with Crippen LogP contribution in [0.4, 0.5) is 0 Å². The highest BCUT2D eigenvalue weighted by atomic mass is 32.1. The zero-order chi connectivity index (χ0) is 16.5. The molecule has 7 heteroatoms. The van der Waals surface area contributed by atoms with Gasteiger partial charge in [-0.2, -0.15) is 0 Å². The fourth-order valence-corrected chi connectivity index (χ4v) is 3.24. The standard InChI is InChI=1S/C16H27N5OS/c1-3-14-20-13(12-23-14)11-19-16(17-4-2)18-8-6-10-21-9-5-7-15(21)22/h12H,3-11H2,1-2H3,(H2,17,18,19). The molecule has 1 saturated heterocycles. The van der Waals surface area contributed by atoms with Crippen molar-refractivity contribution in [2.24, 2.45) is 4.99 Å². The van der Waals surface area contributed by atoms with E-state index in [9.17, 15) is 4.79 Å². The highest BCUT2D eigenvalue weighted by Crippen LogP contribution is 2.11. The third-order valence-corrected chi connectivity index (χ3v) is 4.76. The molecule has 0 spiro atoms. The van der Waals surface area contributed by atoms with Crippen LogP contribution in [0.3, 0.4) is 0 Å². The van der Waals surface area contributed by atoms with E-state index in [0.717, 1.165) is 62.1 Å². The number of rotatable bonds is 8. The van der Waals surface area contributed by atoms with E-state index < -0.39 is 0 Å². The van der Waals surface area contributed by atoms with Crippen LogP contribution in [0, 0.1) is 0 Å². The van der Waals surface area contributed by atoms with Gasteiger partial charge in [-0.1, -0.05) is 6.92 Å². The van der Waals surface area contributed by atoms with Crippen molar-refractivity contribution < 1.29 is 4.79 Å². The summed E-state index contributed by atoms with van der Waals surface area (Å²) in [6.07, 6.45) is 3.63. The summed E-state index contributed by atoms with van der Waals surface area (Å²) < 4.78 is 0. The van der Waals surface area contributed by atoms with E-state index in [2.05, 4.69) is 39.8 Å². The molecular weight excluding hydrogens is 310 g/mol. The molecule has 23 heavy (non-hydrogen) atoms. The van der Waals surface area contributed by atoms with E-state index >= 15 is 0 Å². The summed E-state index contributed by atoms with van der Waals surface area (Å²) >= 11 is 1.69. The first kappa shape index (κ1) is 17.7. The molecule has 0 aromatic carbocycles. The second-order valence-electron chi connectivity index (χ2n) is 5.55. The predicted octanol–water partition coefficient (Wildman–Crippen LogP) is 1.77. The van der Waals surface area contributed by atoms with Gasteiger partial charge in [0.15, 0.2) is 5.96 Å². The molecule has 6 nitrogen and oxygen atoms in total. The molecule has 0 bridgehead atoms. The Kier molecular flexibility index (Phi) is 7.32. The maximum Gasteiger partial charge on any atom is 0.222 e. The molecule has 1 aliphatic heterocycles. The SMILES string of the molecule is CCNC(=NCc1csc(CC)n1)NCCCN1CCCC1=O. The molecule has 0 saturated carbocycles. The Hall–Kier alpha value is -1.63. The number of hydrogen-bond donors (Lipinski definition) is 2. The van der Waals surface area contributed by atoms with Crippen LogP contribution in [-0.2, 0) is 17.8 Å². The quantitative estimate of drug-likeness (QED) is 0.431. The summed E-state index contributed by atoms with van der Waals surface area (Å²) in [4.78, 5) is 22.6. The Bertz CT molecular complexity index is 528. The molecule has 2 heterocycles. The summed E-state index contributed by atoms with van der Waals surface area (Å²) in [5.74, 6) is 1.10. The molecule has 1 aliphatic rings. The van der Waals surface area contributed by atoms with Gasteiger partial charge in [-0.15, -0.1) is 11.3 Å². The smallest absolute Gasteiger partial charge is 0.222 e. The largest absolute Gasteiger partial charge is 0.357 e. The van der Waals surface area contributed by atoms with Crippen LogP contribution in [0.1, 0.15) is 43.8 Å². The number of carbonyl (C=O) groups is 1. The van der Waals surface area contributed by atoms with Gasteiger partial charge in [-0.05, 0) is 26.2 Å². The lowest BCUT2D eigenvalue weighted by Crippen LogP contribution is -2.39. The second-order valence-corrected chi connectivity index (χ2v) is 6.49. The molecule has 1 amide bonds. The van der Waals surface area contributed by atoms with Crippen LogP contribution in [0.25, 0.3) is 0 Å². The van der Waals surface area contributed by atoms with E-state index in [1.54, 1.807) is 11.3 Å². The van der Waals surface area contributed by atoms with Gasteiger partial charge in [0.2, 0.25) is 5.91 Å². The number of aliphatic imine (C=N–C) groups is 1. The van der Waals surface area contributed by atoms with Crippen LogP contribution in [0.5, 0.6) is 0 Å². The van der Waals surface area contributed by atoms with Crippen molar-refractivity contribution in [2.75, 3.05) is 26.2 Å². The maximum atomic E-state index is 11.6. The fraction of sp³-hybridized carbons (Fsp3) is 0.688. The zero-order valence-electron chi connectivity index (χ0n) is 14.1. The van der Waals surface area contributed by atoms with E-state index in [4.69, 9.17) is 0 Å². The van der Waals surface area contributed by atoms with Crippen LogP contribution in [-0.4, -0.2) is 47.9 Å². The average molecular weight is 337 g/mol. The Morgan fingerprint density at radius 3 is 2.96 bits per heavy atom. The van der Waals surface area contributed by atoms with Crippen molar-refractivity contribution in [3.63, 3.8) is 0 Å². The van der Waals surface area contributed by atoms with Crippen LogP contribution in [0.2, 0.25) is 0 Å². The zero-order valence-corrected chi connectivity index (χ0v) is 14.9. The van der Waals surface area contributed by atoms with Crippen molar-refractivity contribution >= 4 is 23.2 Å². The second kappa shape index (κ2) is 9.50. The minimum Gasteiger partial charge on any atom is -0.357 e. The van der Waals surface area contributed by atoms with Gasteiger partial charge in [0.1, 0.15) is 0 Å². The molecule has 1 aromatic heterocycles. The molecule has 128 valence electrons. The first-order valence-corrected chi connectivity index (χ1v) is 9.34. The van der Waals surface area contributed by atoms with Crippen molar-refractivity contribution in [1.29, 1.82) is 0 Å². The summed E-state index contributed by atoms with van der Waals surface area (Å²) in [7, 11) is 0. The van der Waals surface area contributed by atoms with E-state index in [-0.39, 0.29) is 0 Å². The lowest BCUT2D eigenvalue weighted by molar-refractivity contribution is -0.127. The maximum absolute atomic E-state index is 11.6. The van der Waals surface area contributed by atoms with Crippen molar-refractivity contribution in [3.8, 4) is 0 Å². The number of amides is 1. The molecule has 1 fully saturated rings. The van der Waals surface area contributed by atoms with Crippen LogP contribution >= 0.6 is 11.3 Å². The van der Waals surface area contributed by atoms with Crippen molar-refractivity contribution in [3.05, 3.63) is 16.1 Å². The molecule has 0 atom stereocenters. The Morgan fingerprint density at radius 1 is 1.43 bits per heavy atom. The van der Waals surface area contributed by atoms with Gasteiger partial charge >= 0.3 is 0 Å². The number of nitrogens with one attached hydrogen (secondary N) is 2. The minimum atomic E-state index is 0.292. The summed E-state index contributed by atoms with van der Waals surface area (Å²) in [6.45, 7) is 8.14. The number of aromatic nitrogens is 1. The number of carbonyl (C=O) groups excluding carboxylic acids is 1. The number of nitrogens with zero attached hydrogens (tertiary/aromatic N) is 3. The third-order valence-electron chi connectivity index (χ3n) is 3.71. The molecule has 0 radical (unpaired) electrons. The van der Waals surface area contributed by atoms with E-state index in [1.165, 1.54) is 0 Å².